The van der Waals surface area contributed by atoms with Crippen LogP contribution in [-0.2, 0) is 0 Å². The molecule has 62 valence electrons. The van der Waals surface area contributed by atoms with Crippen LogP contribution in [0, 0.1) is 11.3 Å². The van der Waals surface area contributed by atoms with Crippen LogP contribution < -0.4 is 0 Å². The molecule has 0 aromatic rings. The van der Waals surface area contributed by atoms with Gasteiger partial charge in [-0.3, -0.25) is 4.90 Å². The average molecular weight is 152 g/mol. The predicted octanol–water partition coefficient (Wildman–Crippen LogP) is 1.77. The predicted molar refractivity (Wildman–Crippen MR) is 45.1 cm³/mol. The molecule has 0 radical (unpaired) electrons. The Morgan fingerprint density at radius 3 is 2.64 bits per heavy atom. The smallest absolute Gasteiger partial charge is 0.0638 e. The third kappa shape index (κ3) is 1.94. The van der Waals surface area contributed by atoms with Gasteiger partial charge in [-0.15, -0.1) is 0 Å². The maximum atomic E-state index is 8.48. The Labute approximate surface area is 68.8 Å². The van der Waals surface area contributed by atoms with Crippen molar-refractivity contribution < 1.29 is 0 Å². The Kier molecular flexibility index (Phi) is 2.90. The van der Waals surface area contributed by atoms with Crippen LogP contribution in [0.2, 0.25) is 0 Å². The number of hydrogen-bond acceptors (Lipinski definition) is 2. The van der Waals surface area contributed by atoms with E-state index in [1.165, 1.54) is 19.3 Å². The molecular formula is C9H16N2. The van der Waals surface area contributed by atoms with Crippen LogP contribution in [-0.4, -0.2) is 24.0 Å². The largest absolute Gasteiger partial charge is 0.300 e. The zero-order valence-corrected chi connectivity index (χ0v) is 7.38. The summed E-state index contributed by atoms with van der Waals surface area (Å²) in [4.78, 5) is 2.34. The van der Waals surface area contributed by atoms with Crippen molar-refractivity contribution in [3.05, 3.63) is 0 Å². The van der Waals surface area contributed by atoms with Gasteiger partial charge in [-0.25, -0.2) is 0 Å². The Balaban J connectivity index is 2.27. The minimum atomic E-state index is 0.435. The second-order valence-electron chi connectivity index (χ2n) is 3.46. The lowest BCUT2D eigenvalue weighted by Crippen LogP contribution is -2.42. The van der Waals surface area contributed by atoms with E-state index in [9.17, 15) is 0 Å². The molecule has 0 bridgehead atoms. The molecule has 2 heteroatoms. The third-order valence-corrected chi connectivity index (χ3v) is 2.73. The summed E-state index contributed by atoms with van der Waals surface area (Å²) in [6.07, 6.45) is 4.68. The minimum Gasteiger partial charge on any atom is -0.300 e. The van der Waals surface area contributed by atoms with E-state index in [1.807, 2.05) is 0 Å². The molecule has 0 aromatic carbocycles. The molecule has 0 saturated heterocycles. The van der Waals surface area contributed by atoms with Gasteiger partial charge in [-0.2, -0.15) is 5.26 Å². The minimum absolute atomic E-state index is 0.435. The highest BCUT2D eigenvalue weighted by molar-refractivity contribution is 4.85. The summed E-state index contributed by atoms with van der Waals surface area (Å²) in [7, 11) is 2.13. The Morgan fingerprint density at radius 2 is 2.27 bits per heavy atom. The quantitative estimate of drug-likeness (QED) is 0.616. The van der Waals surface area contributed by atoms with Crippen molar-refractivity contribution in [2.24, 2.45) is 0 Å². The van der Waals surface area contributed by atoms with Gasteiger partial charge in [-0.1, -0.05) is 6.42 Å². The molecule has 0 aliphatic heterocycles. The second-order valence-corrected chi connectivity index (χ2v) is 3.46. The van der Waals surface area contributed by atoms with E-state index in [1.54, 1.807) is 0 Å². The fourth-order valence-corrected chi connectivity index (χ4v) is 1.43. The summed E-state index contributed by atoms with van der Waals surface area (Å²) in [5, 5.41) is 8.48. The fraction of sp³-hybridized carbons (Fsp3) is 0.889. The Bertz CT molecular complexity index is 155. The van der Waals surface area contributed by atoms with Crippen LogP contribution >= 0.6 is 0 Å². The van der Waals surface area contributed by atoms with E-state index < -0.39 is 0 Å². The van der Waals surface area contributed by atoms with Crippen molar-refractivity contribution in [2.45, 2.75) is 44.7 Å². The number of hydrogen-bond donors (Lipinski definition) is 0. The topological polar surface area (TPSA) is 27.0 Å². The van der Waals surface area contributed by atoms with Gasteiger partial charge >= 0.3 is 0 Å². The Hall–Kier alpha value is -0.550. The second kappa shape index (κ2) is 3.73. The first kappa shape index (κ1) is 8.55. The van der Waals surface area contributed by atoms with E-state index in [4.69, 9.17) is 5.26 Å². The molecule has 1 aliphatic rings. The third-order valence-electron chi connectivity index (χ3n) is 2.73. The van der Waals surface area contributed by atoms with Gasteiger partial charge in [0.15, 0.2) is 0 Å². The lowest BCUT2D eigenvalue weighted by Gasteiger charge is -2.37. The Morgan fingerprint density at radius 1 is 1.64 bits per heavy atom. The molecule has 1 aliphatic carbocycles. The standard InChI is InChI=1S/C9H16N2/c1-8(6-7-10)11(2)9-4-3-5-9/h8-9H,3-6H2,1-2H3. The van der Waals surface area contributed by atoms with E-state index >= 15 is 0 Å². The maximum Gasteiger partial charge on any atom is 0.0638 e. The average Bonchev–Trinajstić information content (AvgIpc) is 1.84. The monoisotopic (exact) mass is 152 g/mol. The molecule has 1 rings (SSSR count). The lowest BCUT2D eigenvalue weighted by molar-refractivity contribution is 0.120. The summed E-state index contributed by atoms with van der Waals surface area (Å²) in [5.74, 6) is 0. The SMILES string of the molecule is CC(CC#N)N(C)C1CCC1. The molecule has 11 heavy (non-hydrogen) atoms. The van der Waals surface area contributed by atoms with E-state index in [0.29, 0.717) is 12.5 Å². The summed E-state index contributed by atoms with van der Waals surface area (Å²) in [6, 6.07) is 3.41. The maximum absolute atomic E-state index is 8.48. The number of nitriles is 1. The van der Waals surface area contributed by atoms with Crippen molar-refractivity contribution in [3.63, 3.8) is 0 Å². The van der Waals surface area contributed by atoms with Gasteiger partial charge < -0.3 is 0 Å². The van der Waals surface area contributed by atoms with Gasteiger partial charge in [-0.05, 0) is 26.8 Å². The zero-order chi connectivity index (χ0) is 8.27. The highest BCUT2D eigenvalue weighted by atomic mass is 15.2. The molecule has 0 N–H and O–H groups in total. The van der Waals surface area contributed by atoms with E-state index in [2.05, 4.69) is 24.9 Å². The molecule has 1 saturated carbocycles. The van der Waals surface area contributed by atoms with Crippen LogP contribution in [0.5, 0.6) is 0 Å². The van der Waals surface area contributed by atoms with Crippen LogP contribution in [0.15, 0.2) is 0 Å². The van der Waals surface area contributed by atoms with Crippen molar-refractivity contribution in [3.8, 4) is 6.07 Å². The summed E-state index contributed by atoms with van der Waals surface area (Å²) < 4.78 is 0. The van der Waals surface area contributed by atoms with E-state index in [-0.39, 0.29) is 0 Å². The van der Waals surface area contributed by atoms with Gasteiger partial charge in [0.1, 0.15) is 0 Å². The normalized spacial score (nSPS) is 20.9. The van der Waals surface area contributed by atoms with Gasteiger partial charge in [0.2, 0.25) is 0 Å². The van der Waals surface area contributed by atoms with E-state index in [0.717, 1.165) is 6.04 Å². The van der Waals surface area contributed by atoms with Crippen LogP contribution in [0.25, 0.3) is 0 Å². The van der Waals surface area contributed by atoms with Gasteiger partial charge in [0.05, 0.1) is 12.5 Å². The molecule has 1 atom stereocenters. The number of nitrogens with zero attached hydrogens (tertiary/aromatic N) is 2. The number of rotatable bonds is 3. The first-order chi connectivity index (χ1) is 5.25. The van der Waals surface area contributed by atoms with Gasteiger partial charge in [0, 0.05) is 12.1 Å². The fourth-order valence-electron chi connectivity index (χ4n) is 1.43. The van der Waals surface area contributed by atoms with Gasteiger partial charge in [0.25, 0.3) is 0 Å². The van der Waals surface area contributed by atoms with Crippen molar-refractivity contribution >= 4 is 0 Å². The zero-order valence-electron chi connectivity index (χ0n) is 7.38. The molecule has 0 heterocycles. The first-order valence-corrected chi connectivity index (χ1v) is 4.34. The molecular weight excluding hydrogens is 136 g/mol. The first-order valence-electron chi connectivity index (χ1n) is 4.34. The van der Waals surface area contributed by atoms with Crippen LogP contribution in [0.4, 0.5) is 0 Å². The summed E-state index contributed by atoms with van der Waals surface area (Å²) in [6.45, 7) is 2.13. The molecule has 1 fully saturated rings. The van der Waals surface area contributed by atoms with Crippen molar-refractivity contribution in [1.29, 1.82) is 5.26 Å². The van der Waals surface area contributed by atoms with Crippen molar-refractivity contribution in [2.75, 3.05) is 7.05 Å². The highest BCUT2D eigenvalue weighted by Crippen LogP contribution is 2.25. The summed E-state index contributed by atoms with van der Waals surface area (Å²) >= 11 is 0. The molecule has 1 unspecified atom stereocenters. The van der Waals surface area contributed by atoms with Crippen LogP contribution in [0.3, 0.4) is 0 Å². The molecule has 0 aromatic heterocycles. The van der Waals surface area contributed by atoms with Crippen LogP contribution in [0.1, 0.15) is 32.6 Å². The molecule has 0 spiro atoms. The lowest BCUT2D eigenvalue weighted by atomic mass is 9.91. The highest BCUT2D eigenvalue weighted by Gasteiger charge is 2.24. The summed E-state index contributed by atoms with van der Waals surface area (Å²) in [5.41, 5.74) is 0. The molecule has 0 amide bonds. The molecule has 2 nitrogen and oxygen atoms in total. The van der Waals surface area contributed by atoms with Crippen molar-refractivity contribution in [1.82, 2.24) is 4.90 Å².